The fourth-order valence-electron chi connectivity index (χ4n) is 3.85. The first kappa shape index (κ1) is 27.4. The molecule has 0 saturated heterocycles. The Labute approximate surface area is 196 Å². The molecule has 0 bridgehead atoms. The number of hydrogen-bond acceptors (Lipinski definition) is 8. The Morgan fingerprint density at radius 3 is 1.38 bits per heavy atom. The van der Waals surface area contributed by atoms with E-state index in [-0.39, 0.29) is 25.0 Å². The highest BCUT2D eigenvalue weighted by atomic mass is 32.2. The molecule has 0 amide bonds. The van der Waals surface area contributed by atoms with E-state index >= 15 is 0 Å². The van der Waals surface area contributed by atoms with Gasteiger partial charge in [-0.05, 0) is 52.4 Å². The second kappa shape index (κ2) is 15.1. The molecule has 0 aromatic heterocycles. The summed E-state index contributed by atoms with van der Waals surface area (Å²) in [5.74, 6) is -0.941. The first-order valence-electron chi connectivity index (χ1n) is 11.9. The van der Waals surface area contributed by atoms with Crippen molar-refractivity contribution in [1.29, 1.82) is 0 Å². The van der Waals surface area contributed by atoms with Gasteiger partial charge in [0.25, 0.3) is 0 Å². The topological polar surface area (TPSA) is 105 Å². The predicted octanol–water partition coefficient (Wildman–Crippen LogP) is 4.35. The maximum Gasteiger partial charge on any atom is 0.307 e. The predicted molar refractivity (Wildman–Crippen MR) is 122 cm³/mol. The molecule has 0 spiro atoms. The van der Waals surface area contributed by atoms with E-state index in [2.05, 4.69) is 0 Å². The number of ether oxygens (including phenoxy) is 2. The van der Waals surface area contributed by atoms with Gasteiger partial charge in [-0.2, -0.15) is 0 Å². The van der Waals surface area contributed by atoms with E-state index in [0.717, 1.165) is 51.4 Å². The maximum absolute atomic E-state index is 12.2. The second-order valence-corrected chi connectivity index (χ2v) is 11.3. The van der Waals surface area contributed by atoms with Gasteiger partial charge in [-0.25, -0.2) is 8.42 Å². The van der Waals surface area contributed by atoms with Crippen LogP contribution in [0.2, 0.25) is 0 Å². The summed E-state index contributed by atoms with van der Waals surface area (Å²) in [6.07, 6.45) is 11.2. The van der Waals surface area contributed by atoms with Crippen LogP contribution in [0, 0.1) is 0 Å². The highest BCUT2D eigenvalue weighted by Gasteiger charge is 2.24. The Balaban J connectivity index is 1.54. The lowest BCUT2D eigenvalue weighted by Crippen LogP contribution is -2.26. The fourth-order valence-corrected chi connectivity index (χ4v) is 5.46. The third-order valence-electron chi connectivity index (χ3n) is 5.71. The van der Waals surface area contributed by atoms with Crippen LogP contribution in [0.1, 0.15) is 104 Å². The number of hydrogen-bond donors (Lipinski definition) is 0. The van der Waals surface area contributed by atoms with Crippen molar-refractivity contribution < 1.29 is 35.8 Å². The monoisotopic (exact) mass is 494 g/mol. The Hall–Kier alpha value is -0.840. The van der Waals surface area contributed by atoms with Crippen molar-refractivity contribution in [2.45, 2.75) is 127 Å². The molecule has 2 aliphatic rings. The van der Waals surface area contributed by atoms with Crippen molar-refractivity contribution >= 4 is 34.1 Å². The van der Waals surface area contributed by atoms with E-state index in [1.165, 1.54) is 12.8 Å². The van der Waals surface area contributed by atoms with Crippen LogP contribution in [0.3, 0.4) is 0 Å². The normalized spacial score (nSPS) is 21.9. The average Bonchev–Trinajstić information content (AvgIpc) is 2.78. The summed E-state index contributed by atoms with van der Waals surface area (Å²) in [4.78, 5) is 23.9. The van der Waals surface area contributed by atoms with Crippen LogP contribution >= 0.6 is 0 Å². The molecule has 2 aliphatic carbocycles. The molecule has 4 atom stereocenters. The summed E-state index contributed by atoms with van der Waals surface area (Å²) in [5.41, 5.74) is -1.65. The number of carbonyl (C=O) groups excluding carboxylic acids is 2. The summed E-state index contributed by atoms with van der Waals surface area (Å²) in [6, 6.07) is 0. The van der Waals surface area contributed by atoms with Crippen molar-refractivity contribution in [3.63, 3.8) is 0 Å². The molecule has 2 rings (SSSR count). The van der Waals surface area contributed by atoms with Gasteiger partial charge >= 0.3 is 11.9 Å². The second-order valence-electron chi connectivity index (χ2n) is 8.56. The van der Waals surface area contributed by atoms with Crippen LogP contribution in [0.4, 0.5) is 0 Å². The smallest absolute Gasteiger partial charge is 0.307 e. The molecule has 4 unspecified atom stereocenters. The third kappa shape index (κ3) is 10.9. The van der Waals surface area contributed by atoms with Crippen molar-refractivity contribution in [3.8, 4) is 0 Å². The van der Waals surface area contributed by atoms with Crippen LogP contribution in [0.5, 0.6) is 0 Å². The number of carbonyl (C=O) groups is 2. The minimum atomic E-state index is -1.67. The quantitative estimate of drug-likeness (QED) is 0.275. The van der Waals surface area contributed by atoms with E-state index in [9.17, 15) is 18.0 Å². The van der Waals surface area contributed by atoms with Gasteiger partial charge in [0.2, 0.25) is 0 Å². The highest BCUT2D eigenvalue weighted by Crippen LogP contribution is 2.23. The lowest BCUT2D eigenvalue weighted by molar-refractivity contribution is -0.147. The summed E-state index contributed by atoms with van der Waals surface area (Å²) in [5, 5.41) is 0. The molecule has 0 radical (unpaired) electrons. The zero-order valence-corrected chi connectivity index (χ0v) is 20.9. The van der Waals surface area contributed by atoms with E-state index in [1.807, 2.05) is 0 Å². The standard InChI is InChI=1S/C22H38O8S2/c1-17(31(25)29-19-11-5-3-6-12-19)27-21(23)15-9-10-16-22(24)28-18(2)32(26)30-20-13-7-4-8-14-20/h17-20H,3-16H2,1-2H3. The molecule has 0 aromatic rings. The van der Waals surface area contributed by atoms with Gasteiger partial charge in [0.05, 0.1) is 12.2 Å². The van der Waals surface area contributed by atoms with Gasteiger partial charge in [0, 0.05) is 12.8 Å². The van der Waals surface area contributed by atoms with Crippen molar-refractivity contribution in [1.82, 2.24) is 0 Å². The van der Waals surface area contributed by atoms with Crippen molar-refractivity contribution in [3.05, 3.63) is 0 Å². The molecule has 32 heavy (non-hydrogen) atoms. The van der Waals surface area contributed by atoms with Gasteiger partial charge in [-0.15, -0.1) is 0 Å². The minimum Gasteiger partial charge on any atom is -0.446 e. The third-order valence-corrected chi connectivity index (χ3v) is 7.92. The Morgan fingerprint density at radius 2 is 1.03 bits per heavy atom. The van der Waals surface area contributed by atoms with E-state index in [1.54, 1.807) is 13.8 Å². The molecule has 0 N–H and O–H groups in total. The molecule has 0 aliphatic heterocycles. The molecule has 0 aromatic carbocycles. The zero-order chi connectivity index (χ0) is 23.3. The summed E-state index contributed by atoms with van der Waals surface area (Å²) >= 11 is -3.34. The summed E-state index contributed by atoms with van der Waals surface area (Å²) in [6.45, 7) is 3.12. The molecular weight excluding hydrogens is 456 g/mol. The largest absolute Gasteiger partial charge is 0.446 e. The number of esters is 2. The molecule has 2 fully saturated rings. The molecule has 8 nitrogen and oxygen atoms in total. The molecular formula is C22H38O8S2. The highest BCUT2D eigenvalue weighted by molar-refractivity contribution is 7.80. The van der Waals surface area contributed by atoms with E-state index < -0.39 is 45.0 Å². The Bertz CT molecular complexity index is 575. The van der Waals surface area contributed by atoms with Crippen molar-refractivity contribution in [2.75, 3.05) is 0 Å². The van der Waals surface area contributed by atoms with Gasteiger partial charge < -0.3 is 9.47 Å². The van der Waals surface area contributed by atoms with Gasteiger partial charge in [-0.3, -0.25) is 18.0 Å². The van der Waals surface area contributed by atoms with E-state index in [4.69, 9.17) is 17.8 Å². The molecule has 10 heteroatoms. The number of rotatable bonds is 13. The Kier molecular flexibility index (Phi) is 13.0. The summed E-state index contributed by atoms with van der Waals surface area (Å²) in [7, 11) is 0. The zero-order valence-electron chi connectivity index (χ0n) is 19.3. The number of unbranched alkanes of at least 4 members (excludes halogenated alkanes) is 1. The summed E-state index contributed by atoms with van der Waals surface area (Å²) < 4.78 is 45.7. The van der Waals surface area contributed by atoms with Crippen LogP contribution in [0.25, 0.3) is 0 Å². The van der Waals surface area contributed by atoms with Crippen LogP contribution < -0.4 is 0 Å². The van der Waals surface area contributed by atoms with Gasteiger partial charge in [0.15, 0.2) is 33.0 Å². The first-order valence-corrected chi connectivity index (χ1v) is 14.2. The average molecular weight is 495 g/mol. The minimum absolute atomic E-state index is 0.0264. The van der Waals surface area contributed by atoms with Crippen LogP contribution in [0.15, 0.2) is 0 Å². The maximum atomic E-state index is 12.2. The van der Waals surface area contributed by atoms with Gasteiger partial charge in [0.1, 0.15) is 0 Å². The van der Waals surface area contributed by atoms with E-state index in [0.29, 0.717) is 12.8 Å². The lowest BCUT2D eigenvalue weighted by atomic mass is 9.98. The molecule has 0 heterocycles. The fraction of sp³-hybridized carbons (Fsp3) is 0.909. The van der Waals surface area contributed by atoms with Crippen LogP contribution in [-0.2, 0) is 49.6 Å². The lowest BCUT2D eigenvalue weighted by Gasteiger charge is -2.22. The van der Waals surface area contributed by atoms with Crippen molar-refractivity contribution in [2.24, 2.45) is 0 Å². The van der Waals surface area contributed by atoms with Crippen LogP contribution in [-0.4, -0.2) is 43.4 Å². The molecule has 2 saturated carbocycles. The molecule has 186 valence electrons. The Morgan fingerprint density at radius 1 is 0.688 bits per heavy atom. The first-order chi connectivity index (χ1) is 15.3. The van der Waals surface area contributed by atoms with Gasteiger partial charge in [-0.1, -0.05) is 38.5 Å². The SMILES string of the molecule is CC(OC(=O)CCCCC(=O)OC(C)S(=O)OC1CCCCC1)S(=O)OC1CCCCC1.